The molecule has 2 aliphatic rings. The normalized spacial score (nSPS) is 16.7. The summed E-state index contributed by atoms with van der Waals surface area (Å²) in [6.45, 7) is 1.41. The number of aliphatic carboxylic acids is 1. The van der Waals surface area contributed by atoms with E-state index in [4.69, 9.17) is 9.84 Å². The van der Waals surface area contributed by atoms with E-state index in [2.05, 4.69) is 5.32 Å². The van der Waals surface area contributed by atoms with Crippen molar-refractivity contribution in [2.45, 2.75) is 50.1 Å². The summed E-state index contributed by atoms with van der Waals surface area (Å²) >= 11 is 0. The van der Waals surface area contributed by atoms with Gasteiger partial charge in [0.25, 0.3) is 5.91 Å². The van der Waals surface area contributed by atoms with Gasteiger partial charge >= 0.3 is 18.0 Å². The van der Waals surface area contributed by atoms with Gasteiger partial charge in [0.2, 0.25) is 0 Å². The number of alkyl carbamates (subject to hydrolysis) is 1. The summed E-state index contributed by atoms with van der Waals surface area (Å²) in [5.74, 6) is -7.94. The molecule has 4 rings (SSSR count). The minimum atomic E-state index is -3.99. The van der Waals surface area contributed by atoms with Crippen molar-refractivity contribution in [1.82, 2.24) is 10.6 Å². The van der Waals surface area contributed by atoms with Crippen LogP contribution in [0.4, 0.5) is 13.6 Å². The Bertz CT molecular complexity index is 1060. The quantitative estimate of drug-likeness (QED) is 0.513. The first-order valence-corrected chi connectivity index (χ1v) is 11.3. The zero-order valence-corrected chi connectivity index (χ0v) is 18.6. The molecule has 34 heavy (non-hydrogen) atoms. The molecule has 1 fully saturated rings. The van der Waals surface area contributed by atoms with E-state index in [1.54, 1.807) is 0 Å². The van der Waals surface area contributed by atoms with Crippen LogP contribution in [-0.4, -0.2) is 47.7 Å². The third-order valence-corrected chi connectivity index (χ3v) is 6.42. The number of hydrogen-bond acceptors (Lipinski definition) is 4. The Morgan fingerprint density at radius 3 is 2.09 bits per heavy atom. The first-order chi connectivity index (χ1) is 16.2. The third kappa shape index (κ3) is 4.60. The maximum Gasteiger partial charge on any atom is 0.407 e. The number of carboxylic acids is 1. The number of ether oxygens (including phenoxy) is 1. The van der Waals surface area contributed by atoms with Gasteiger partial charge in [0.1, 0.15) is 18.7 Å². The molecule has 0 aromatic heterocycles. The Hall–Kier alpha value is -3.49. The lowest BCUT2D eigenvalue weighted by molar-refractivity contribution is -0.155. The predicted octanol–water partition coefficient (Wildman–Crippen LogP) is 3.92. The molecule has 7 nitrogen and oxygen atoms in total. The largest absolute Gasteiger partial charge is 0.480 e. The SMILES string of the molecule is CC[C@@H](NC(=O)C(F)(F)C(NC(=O)OCC1c2ccccc2-c2ccccc21)C1CC1)C(=O)O. The van der Waals surface area contributed by atoms with Crippen LogP contribution >= 0.6 is 0 Å². The summed E-state index contributed by atoms with van der Waals surface area (Å²) in [5.41, 5.74) is 4.05. The van der Waals surface area contributed by atoms with Crippen LogP contribution in [-0.2, 0) is 14.3 Å². The summed E-state index contributed by atoms with van der Waals surface area (Å²) in [6.07, 6.45) is -0.248. The van der Waals surface area contributed by atoms with Crippen molar-refractivity contribution in [2.75, 3.05) is 6.61 Å². The van der Waals surface area contributed by atoms with E-state index in [1.165, 1.54) is 6.92 Å². The number of benzene rings is 2. The lowest BCUT2D eigenvalue weighted by atomic mass is 9.98. The van der Waals surface area contributed by atoms with E-state index >= 15 is 0 Å². The fourth-order valence-electron chi connectivity index (χ4n) is 4.44. The van der Waals surface area contributed by atoms with Crippen LogP contribution in [0.3, 0.4) is 0 Å². The summed E-state index contributed by atoms with van der Waals surface area (Å²) in [7, 11) is 0. The Balaban J connectivity index is 1.43. The van der Waals surface area contributed by atoms with E-state index in [0.29, 0.717) is 12.8 Å². The summed E-state index contributed by atoms with van der Waals surface area (Å²) in [4.78, 5) is 35.9. The van der Waals surface area contributed by atoms with Crippen LogP contribution in [0.5, 0.6) is 0 Å². The van der Waals surface area contributed by atoms with Crippen LogP contribution in [0, 0.1) is 5.92 Å². The second kappa shape index (κ2) is 9.40. The van der Waals surface area contributed by atoms with Crippen molar-refractivity contribution in [2.24, 2.45) is 5.92 Å². The van der Waals surface area contributed by atoms with Crippen molar-refractivity contribution in [3.63, 3.8) is 0 Å². The molecule has 180 valence electrons. The molecule has 0 heterocycles. The molecule has 2 aromatic carbocycles. The number of carbonyl (C=O) groups is 3. The zero-order valence-electron chi connectivity index (χ0n) is 18.6. The Labute approximate surface area is 195 Å². The molecule has 0 bridgehead atoms. The van der Waals surface area contributed by atoms with Gasteiger partial charge in [-0.15, -0.1) is 0 Å². The highest BCUT2D eigenvalue weighted by molar-refractivity contribution is 5.89. The predicted molar refractivity (Wildman–Crippen MR) is 120 cm³/mol. The lowest BCUT2D eigenvalue weighted by Gasteiger charge is -2.28. The lowest BCUT2D eigenvalue weighted by Crippen LogP contribution is -2.59. The molecule has 1 unspecified atom stereocenters. The highest BCUT2D eigenvalue weighted by Gasteiger charge is 2.55. The Morgan fingerprint density at radius 1 is 1.03 bits per heavy atom. The molecule has 0 radical (unpaired) electrons. The van der Waals surface area contributed by atoms with E-state index < -0.39 is 41.9 Å². The van der Waals surface area contributed by atoms with Crippen LogP contribution in [0.1, 0.15) is 43.2 Å². The number of fused-ring (bicyclic) bond motifs is 3. The van der Waals surface area contributed by atoms with Gasteiger partial charge in [0.15, 0.2) is 0 Å². The van der Waals surface area contributed by atoms with Gasteiger partial charge in [-0.25, -0.2) is 9.59 Å². The minimum Gasteiger partial charge on any atom is -0.480 e. The first-order valence-electron chi connectivity index (χ1n) is 11.3. The van der Waals surface area contributed by atoms with E-state index in [0.717, 1.165) is 22.3 Å². The molecule has 2 aromatic rings. The summed E-state index contributed by atoms with van der Waals surface area (Å²) in [6, 6.07) is 12.3. The number of hydrogen-bond donors (Lipinski definition) is 3. The van der Waals surface area contributed by atoms with Gasteiger partial charge in [0, 0.05) is 5.92 Å². The number of carboxylic acid groups (broad SMARTS) is 1. The Kier molecular flexibility index (Phi) is 6.54. The highest BCUT2D eigenvalue weighted by atomic mass is 19.3. The average molecular weight is 472 g/mol. The Morgan fingerprint density at radius 2 is 1.59 bits per heavy atom. The van der Waals surface area contributed by atoms with Gasteiger partial charge in [-0.3, -0.25) is 4.79 Å². The van der Waals surface area contributed by atoms with Crippen LogP contribution in [0.2, 0.25) is 0 Å². The number of carbonyl (C=O) groups excluding carboxylic acids is 2. The van der Waals surface area contributed by atoms with Crippen molar-refractivity contribution in [1.29, 1.82) is 0 Å². The van der Waals surface area contributed by atoms with Crippen molar-refractivity contribution < 1.29 is 33.0 Å². The molecular formula is C25H26F2N2O5. The van der Waals surface area contributed by atoms with Crippen molar-refractivity contribution in [3.05, 3.63) is 59.7 Å². The molecule has 3 N–H and O–H groups in total. The third-order valence-electron chi connectivity index (χ3n) is 6.42. The second-order valence-corrected chi connectivity index (χ2v) is 8.68. The molecule has 0 saturated heterocycles. The smallest absolute Gasteiger partial charge is 0.407 e. The topological polar surface area (TPSA) is 105 Å². The number of nitrogens with one attached hydrogen (secondary N) is 2. The monoisotopic (exact) mass is 472 g/mol. The zero-order chi connectivity index (χ0) is 24.5. The second-order valence-electron chi connectivity index (χ2n) is 8.68. The van der Waals surface area contributed by atoms with Gasteiger partial charge < -0.3 is 20.5 Å². The minimum absolute atomic E-state index is 0.0497. The molecule has 2 amide bonds. The van der Waals surface area contributed by atoms with E-state index in [9.17, 15) is 23.2 Å². The van der Waals surface area contributed by atoms with E-state index in [-0.39, 0.29) is 18.9 Å². The maximum absolute atomic E-state index is 15.0. The van der Waals surface area contributed by atoms with Gasteiger partial charge in [-0.2, -0.15) is 8.78 Å². The van der Waals surface area contributed by atoms with Crippen molar-refractivity contribution >= 4 is 18.0 Å². The fourth-order valence-corrected chi connectivity index (χ4v) is 4.44. The number of halogens is 2. The van der Waals surface area contributed by atoms with Gasteiger partial charge in [0.05, 0.1) is 0 Å². The van der Waals surface area contributed by atoms with Gasteiger partial charge in [-0.05, 0) is 47.4 Å². The average Bonchev–Trinajstić information content (AvgIpc) is 3.61. The molecule has 1 saturated carbocycles. The number of rotatable bonds is 9. The molecule has 0 spiro atoms. The fraction of sp³-hybridized carbons (Fsp3) is 0.400. The van der Waals surface area contributed by atoms with Crippen molar-refractivity contribution in [3.8, 4) is 11.1 Å². The first kappa shape index (κ1) is 23.7. The van der Waals surface area contributed by atoms with Crippen LogP contribution in [0.25, 0.3) is 11.1 Å². The molecular weight excluding hydrogens is 446 g/mol. The molecule has 2 atom stereocenters. The summed E-state index contributed by atoms with van der Waals surface area (Å²) < 4.78 is 35.3. The standard InChI is InChI=1S/C25H26F2N2O5/c1-2-20(22(30)31)28-23(32)25(26,27)21(14-11-12-14)29-24(33)34-13-19-17-9-5-3-7-15(17)16-8-4-6-10-18(16)19/h3-10,14,19-21H,2,11-13H2,1H3,(H,28,32)(H,29,33)(H,30,31)/t20-,21?/m1/s1. The number of alkyl halides is 2. The van der Waals surface area contributed by atoms with Gasteiger partial charge in [-0.1, -0.05) is 55.5 Å². The molecule has 9 heteroatoms. The van der Waals surface area contributed by atoms with Crippen LogP contribution < -0.4 is 10.6 Å². The van der Waals surface area contributed by atoms with E-state index in [1.807, 2.05) is 53.8 Å². The summed E-state index contributed by atoms with van der Waals surface area (Å²) in [5, 5.41) is 13.1. The maximum atomic E-state index is 15.0. The number of amides is 2. The molecule has 0 aliphatic heterocycles. The van der Waals surface area contributed by atoms with Crippen LogP contribution in [0.15, 0.2) is 48.5 Å². The molecule has 2 aliphatic carbocycles. The highest BCUT2D eigenvalue weighted by Crippen LogP contribution is 2.44.